The van der Waals surface area contributed by atoms with E-state index in [1.807, 2.05) is 6.07 Å². The fourth-order valence-corrected chi connectivity index (χ4v) is 3.62. The van der Waals surface area contributed by atoms with Gasteiger partial charge in [0.1, 0.15) is 5.82 Å². The summed E-state index contributed by atoms with van der Waals surface area (Å²) in [5.41, 5.74) is 2.17. The quantitative estimate of drug-likeness (QED) is 0.820. The summed E-state index contributed by atoms with van der Waals surface area (Å²) in [6.45, 7) is 7.90. The van der Waals surface area contributed by atoms with E-state index in [0.29, 0.717) is 0 Å². The Hall–Kier alpha value is -0.930. The van der Waals surface area contributed by atoms with Crippen molar-refractivity contribution in [3.8, 4) is 0 Å². The van der Waals surface area contributed by atoms with Gasteiger partial charge in [0, 0.05) is 12.6 Å². The first kappa shape index (κ1) is 16.4. The van der Waals surface area contributed by atoms with Crippen molar-refractivity contribution in [1.29, 1.82) is 0 Å². The predicted octanol–water partition coefficient (Wildman–Crippen LogP) is 4.00. The third-order valence-corrected chi connectivity index (χ3v) is 4.70. The summed E-state index contributed by atoms with van der Waals surface area (Å²) in [4.78, 5) is 0. The van der Waals surface area contributed by atoms with Gasteiger partial charge in [-0.1, -0.05) is 25.8 Å². The molecule has 0 amide bonds. The number of halogens is 1. The normalized spacial score (nSPS) is 18.9. The molecule has 0 aliphatic heterocycles. The molecule has 0 spiro atoms. The van der Waals surface area contributed by atoms with Crippen LogP contribution in [0.25, 0.3) is 0 Å². The molecule has 3 heteroatoms. The molecule has 1 unspecified atom stereocenters. The number of hydrogen-bond acceptors (Lipinski definition) is 2. The fraction of sp³-hybridized carbons (Fsp3) is 0.667. The first-order valence-corrected chi connectivity index (χ1v) is 8.23. The van der Waals surface area contributed by atoms with Gasteiger partial charge in [-0.05, 0) is 62.9 Å². The molecule has 118 valence electrons. The molecule has 2 rings (SSSR count). The highest BCUT2D eigenvalue weighted by Crippen LogP contribution is 2.37. The maximum atomic E-state index is 13.6. The predicted molar refractivity (Wildman–Crippen MR) is 85.1 cm³/mol. The molecule has 0 aromatic heterocycles. The zero-order valence-electron chi connectivity index (χ0n) is 13.5. The Kier molecular flexibility index (Phi) is 5.77. The maximum absolute atomic E-state index is 13.6. The van der Waals surface area contributed by atoms with Crippen LogP contribution < -0.4 is 5.32 Å². The van der Waals surface area contributed by atoms with Crippen LogP contribution in [0.5, 0.6) is 0 Å². The van der Waals surface area contributed by atoms with Gasteiger partial charge in [-0.2, -0.15) is 0 Å². The minimum atomic E-state index is -0.150. The highest BCUT2D eigenvalue weighted by molar-refractivity contribution is 5.28. The van der Waals surface area contributed by atoms with Crippen LogP contribution in [0.4, 0.5) is 4.39 Å². The molecule has 1 aromatic rings. The molecule has 1 aromatic carbocycles. The van der Waals surface area contributed by atoms with Gasteiger partial charge < -0.3 is 10.1 Å². The van der Waals surface area contributed by atoms with E-state index in [1.54, 1.807) is 6.07 Å². The lowest BCUT2D eigenvalue weighted by molar-refractivity contribution is -0.0609. The van der Waals surface area contributed by atoms with Crippen molar-refractivity contribution in [3.05, 3.63) is 35.1 Å². The molecule has 0 heterocycles. The van der Waals surface area contributed by atoms with Crippen LogP contribution in [0.15, 0.2) is 18.2 Å². The summed E-state index contributed by atoms with van der Waals surface area (Å²) in [6.07, 6.45) is 5.49. The minimum Gasteiger partial charge on any atom is -0.374 e. The summed E-state index contributed by atoms with van der Waals surface area (Å²) in [7, 11) is 0. The molecule has 2 nitrogen and oxygen atoms in total. The van der Waals surface area contributed by atoms with E-state index >= 15 is 0 Å². The average Bonchev–Trinajstić information content (AvgIpc) is 2.92. The van der Waals surface area contributed by atoms with Crippen molar-refractivity contribution < 1.29 is 9.13 Å². The molecular weight excluding hydrogens is 265 g/mol. The molecule has 1 atom stereocenters. The van der Waals surface area contributed by atoms with Crippen LogP contribution >= 0.6 is 0 Å². The second-order valence-corrected chi connectivity index (χ2v) is 6.09. The van der Waals surface area contributed by atoms with Gasteiger partial charge in [0.15, 0.2) is 0 Å². The summed E-state index contributed by atoms with van der Waals surface area (Å²) in [5, 5.41) is 3.60. The number of nitrogens with one attached hydrogen (secondary N) is 1. The Balaban J connectivity index is 2.23. The largest absolute Gasteiger partial charge is 0.374 e. The molecule has 1 aliphatic rings. The zero-order chi connectivity index (χ0) is 15.3. The van der Waals surface area contributed by atoms with E-state index < -0.39 is 0 Å². The van der Waals surface area contributed by atoms with E-state index in [-0.39, 0.29) is 17.5 Å². The molecule has 1 aliphatic carbocycles. The van der Waals surface area contributed by atoms with Gasteiger partial charge >= 0.3 is 0 Å². The van der Waals surface area contributed by atoms with E-state index in [1.165, 1.54) is 18.9 Å². The lowest BCUT2D eigenvalue weighted by Crippen LogP contribution is -2.52. The minimum absolute atomic E-state index is 0.0798. The molecule has 0 bridgehead atoms. The summed E-state index contributed by atoms with van der Waals surface area (Å²) < 4.78 is 19.7. The first-order chi connectivity index (χ1) is 10.1. The number of rotatable bonds is 7. The Morgan fingerprint density at radius 3 is 2.62 bits per heavy atom. The number of hydrogen-bond donors (Lipinski definition) is 1. The molecule has 0 radical (unpaired) electrons. The highest BCUT2D eigenvalue weighted by atomic mass is 19.1. The van der Waals surface area contributed by atoms with Gasteiger partial charge in [0.05, 0.1) is 5.60 Å². The van der Waals surface area contributed by atoms with E-state index in [0.717, 1.165) is 43.5 Å². The summed E-state index contributed by atoms with van der Waals surface area (Å²) in [6, 6.07) is 5.34. The topological polar surface area (TPSA) is 21.3 Å². The Morgan fingerprint density at radius 1 is 1.29 bits per heavy atom. The first-order valence-electron chi connectivity index (χ1n) is 8.23. The number of likely N-dealkylation sites (N-methyl/N-ethyl adjacent to an activating group) is 1. The lowest BCUT2D eigenvalue weighted by Gasteiger charge is -2.38. The molecule has 0 saturated heterocycles. The van der Waals surface area contributed by atoms with Crippen molar-refractivity contribution in [1.82, 2.24) is 5.32 Å². The summed E-state index contributed by atoms with van der Waals surface area (Å²) in [5.74, 6) is -0.150. The Bertz CT molecular complexity index is 455. The van der Waals surface area contributed by atoms with Crippen molar-refractivity contribution in [2.75, 3.05) is 13.2 Å². The number of benzene rings is 1. The van der Waals surface area contributed by atoms with Gasteiger partial charge in [0.25, 0.3) is 0 Å². The highest BCUT2D eigenvalue weighted by Gasteiger charge is 2.41. The van der Waals surface area contributed by atoms with Gasteiger partial charge in [-0.3, -0.25) is 0 Å². The van der Waals surface area contributed by atoms with Crippen LogP contribution in [0, 0.1) is 12.7 Å². The third-order valence-electron chi connectivity index (χ3n) is 4.70. The molecule has 1 saturated carbocycles. The van der Waals surface area contributed by atoms with Gasteiger partial charge in [-0.25, -0.2) is 4.39 Å². The van der Waals surface area contributed by atoms with Crippen LogP contribution in [0.3, 0.4) is 0 Å². The van der Waals surface area contributed by atoms with E-state index in [4.69, 9.17) is 4.74 Å². The smallest absolute Gasteiger partial charge is 0.123 e. The maximum Gasteiger partial charge on any atom is 0.123 e. The third kappa shape index (κ3) is 3.83. The van der Waals surface area contributed by atoms with Crippen molar-refractivity contribution in [2.45, 2.75) is 64.5 Å². The second-order valence-electron chi connectivity index (χ2n) is 6.09. The van der Waals surface area contributed by atoms with Gasteiger partial charge in [0.2, 0.25) is 0 Å². The zero-order valence-corrected chi connectivity index (χ0v) is 13.5. The summed E-state index contributed by atoms with van der Waals surface area (Å²) >= 11 is 0. The fourth-order valence-electron chi connectivity index (χ4n) is 3.62. The number of aryl methyl sites for hydroxylation is 1. The molecular formula is C18H28FNO. The lowest BCUT2D eigenvalue weighted by atomic mass is 9.86. The van der Waals surface area contributed by atoms with Crippen LogP contribution in [-0.2, 0) is 11.2 Å². The monoisotopic (exact) mass is 293 g/mol. The molecule has 1 fully saturated rings. The van der Waals surface area contributed by atoms with E-state index in [2.05, 4.69) is 26.1 Å². The standard InChI is InChI=1S/C18H28FNO/c1-4-20-17(18(21-5-2)10-6-7-11-18)13-15-12-16(19)9-8-14(15)3/h8-9,12,17,20H,4-7,10-11,13H2,1-3H3. The van der Waals surface area contributed by atoms with Crippen LogP contribution in [0.2, 0.25) is 0 Å². The SMILES string of the molecule is CCNC(Cc1cc(F)ccc1C)C1(OCC)CCCC1. The van der Waals surface area contributed by atoms with Crippen molar-refractivity contribution in [2.24, 2.45) is 0 Å². The molecule has 21 heavy (non-hydrogen) atoms. The second kappa shape index (κ2) is 7.37. The Morgan fingerprint density at radius 2 is 2.00 bits per heavy atom. The molecule has 1 N–H and O–H groups in total. The number of ether oxygens (including phenoxy) is 1. The van der Waals surface area contributed by atoms with Crippen molar-refractivity contribution in [3.63, 3.8) is 0 Å². The van der Waals surface area contributed by atoms with Crippen molar-refractivity contribution >= 4 is 0 Å². The van der Waals surface area contributed by atoms with Crippen LogP contribution in [0.1, 0.15) is 50.7 Å². The Labute approximate surface area is 128 Å². The van der Waals surface area contributed by atoms with E-state index in [9.17, 15) is 4.39 Å². The van der Waals surface area contributed by atoms with Gasteiger partial charge in [-0.15, -0.1) is 0 Å². The average molecular weight is 293 g/mol. The van der Waals surface area contributed by atoms with Crippen LogP contribution in [-0.4, -0.2) is 24.8 Å².